The molecule has 3 nitrogen and oxygen atoms in total. The summed E-state index contributed by atoms with van der Waals surface area (Å²) in [5, 5.41) is 7.82. The third-order valence-corrected chi connectivity index (χ3v) is 2.97. The van der Waals surface area contributed by atoms with E-state index in [2.05, 4.69) is 10.4 Å². The molecule has 0 saturated carbocycles. The molecule has 0 aliphatic heterocycles. The smallest absolute Gasteiger partial charge is 0.149 e. The van der Waals surface area contributed by atoms with Crippen molar-refractivity contribution in [1.82, 2.24) is 15.1 Å². The Morgan fingerprint density at radius 2 is 2.28 bits per heavy atom. The number of nitrogens with zero attached hydrogens (tertiary/aromatic N) is 2. The lowest BCUT2D eigenvalue weighted by Gasteiger charge is -2.17. The maximum Gasteiger partial charge on any atom is 0.149 e. The summed E-state index contributed by atoms with van der Waals surface area (Å²) in [5.74, 6) is -0.308. The maximum atomic E-state index is 14.0. The van der Waals surface area contributed by atoms with Gasteiger partial charge in [0.25, 0.3) is 0 Å². The topological polar surface area (TPSA) is 29.9 Å². The zero-order valence-electron chi connectivity index (χ0n) is 10.3. The molecule has 2 rings (SSSR count). The Morgan fingerprint density at radius 3 is 2.89 bits per heavy atom. The minimum absolute atomic E-state index is 0.0451. The van der Waals surface area contributed by atoms with Gasteiger partial charge < -0.3 is 5.32 Å². The number of aromatic nitrogens is 2. The molecule has 1 unspecified atom stereocenters. The van der Waals surface area contributed by atoms with Crippen molar-refractivity contribution in [3.05, 3.63) is 47.0 Å². The Morgan fingerprint density at radius 1 is 1.50 bits per heavy atom. The molecule has 0 fully saturated rings. The average Bonchev–Trinajstić information content (AvgIpc) is 2.75. The van der Waals surface area contributed by atoms with Crippen molar-refractivity contribution in [2.75, 3.05) is 6.54 Å². The highest BCUT2D eigenvalue weighted by molar-refractivity contribution is 6.30. The van der Waals surface area contributed by atoms with Crippen LogP contribution in [0.5, 0.6) is 0 Å². The van der Waals surface area contributed by atoms with Crippen LogP contribution in [-0.2, 0) is 0 Å². The number of benzene rings is 1. The van der Waals surface area contributed by atoms with E-state index in [-0.39, 0.29) is 11.9 Å². The van der Waals surface area contributed by atoms with Gasteiger partial charge in [-0.3, -0.25) is 0 Å². The van der Waals surface area contributed by atoms with E-state index in [9.17, 15) is 4.39 Å². The van der Waals surface area contributed by atoms with E-state index in [1.54, 1.807) is 12.3 Å². The number of nitrogens with one attached hydrogen (secondary N) is 1. The van der Waals surface area contributed by atoms with Gasteiger partial charge >= 0.3 is 0 Å². The molecule has 0 amide bonds. The minimum atomic E-state index is -0.308. The first-order valence-corrected chi connectivity index (χ1v) is 6.23. The second-order valence-electron chi connectivity index (χ2n) is 4.06. The lowest BCUT2D eigenvalue weighted by Crippen LogP contribution is -2.20. The van der Waals surface area contributed by atoms with Crippen LogP contribution in [0, 0.1) is 5.82 Å². The van der Waals surface area contributed by atoms with Gasteiger partial charge in [-0.05, 0) is 25.1 Å². The van der Waals surface area contributed by atoms with Crippen LogP contribution in [-0.4, -0.2) is 16.3 Å². The number of hydrogen-bond donors (Lipinski definition) is 1. The molecule has 1 aromatic heterocycles. The molecule has 1 aromatic carbocycles. The fraction of sp³-hybridized carbons (Fsp3) is 0.308. The molecule has 18 heavy (non-hydrogen) atoms. The molecule has 1 heterocycles. The van der Waals surface area contributed by atoms with Gasteiger partial charge in [0, 0.05) is 12.2 Å². The lowest BCUT2D eigenvalue weighted by atomic mass is 10.1. The summed E-state index contributed by atoms with van der Waals surface area (Å²) in [6.07, 6.45) is 3.10. The Balaban J connectivity index is 2.51. The van der Waals surface area contributed by atoms with Crippen LogP contribution in [0.3, 0.4) is 0 Å². The second kappa shape index (κ2) is 5.50. The molecule has 0 aliphatic carbocycles. The van der Waals surface area contributed by atoms with Crippen molar-refractivity contribution >= 4 is 11.6 Å². The summed E-state index contributed by atoms with van der Waals surface area (Å²) in [6.45, 7) is 4.82. The largest absolute Gasteiger partial charge is 0.310 e. The zero-order chi connectivity index (χ0) is 13.1. The van der Waals surface area contributed by atoms with Crippen LogP contribution in [0.15, 0.2) is 30.6 Å². The average molecular weight is 268 g/mol. The van der Waals surface area contributed by atoms with Gasteiger partial charge in [-0.2, -0.15) is 5.10 Å². The minimum Gasteiger partial charge on any atom is -0.310 e. The zero-order valence-corrected chi connectivity index (χ0v) is 11.1. The second-order valence-corrected chi connectivity index (χ2v) is 4.50. The molecule has 0 radical (unpaired) electrons. The molecule has 96 valence electrons. The van der Waals surface area contributed by atoms with Gasteiger partial charge in [0.2, 0.25) is 0 Å². The van der Waals surface area contributed by atoms with Crippen LogP contribution in [0.1, 0.15) is 25.5 Å². The van der Waals surface area contributed by atoms with Crippen LogP contribution in [0.2, 0.25) is 5.02 Å². The number of halogens is 2. The summed E-state index contributed by atoms with van der Waals surface area (Å²) < 4.78 is 15.5. The molecule has 0 spiro atoms. The molecule has 1 atom stereocenters. The van der Waals surface area contributed by atoms with Crippen molar-refractivity contribution in [3.8, 4) is 5.69 Å². The fourth-order valence-corrected chi connectivity index (χ4v) is 2.10. The summed E-state index contributed by atoms with van der Waals surface area (Å²) in [5.41, 5.74) is 1.30. The van der Waals surface area contributed by atoms with Gasteiger partial charge in [0.15, 0.2) is 0 Å². The van der Waals surface area contributed by atoms with Crippen molar-refractivity contribution in [2.45, 2.75) is 19.9 Å². The summed E-state index contributed by atoms with van der Waals surface area (Å²) in [6, 6.07) is 5.06. The molecule has 0 saturated heterocycles. The Labute approximate surface area is 111 Å². The van der Waals surface area contributed by atoms with Crippen LogP contribution in [0.4, 0.5) is 4.39 Å². The van der Waals surface area contributed by atoms with E-state index in [1.807, 2.05) is 19.9 Å². The van der Waals surface area contributed by atoms with E-state index < -0.39 is 0 Å². The fourth-order valence-electron chi connectivity index (χ4n) is 1.96. The Hall–Kier alpha value is -1.39. The quantitative estimate of drug-likeness (QED) is 0.921. The van der Waals surface area contributed by atoms with Crippen molar-refractivity contribution in [1.29, 1.82) is 0 Å². The third-order valence-electron chi connectivity index (χ3n) is 2.77. The standard InChI is InChI=1S/C13H15ClFN3/c1-3-16-9(2)11-5-4-6-12(15)13(11)18-8-10(14)7-17-18/h4-9,16H,3H2,1-2H3. The number of rotatable bonds is 4. The molecule has 0 aliphatic rings. The highest BCUT2D eigenvalue weighted by atomic mass is 35.5. The SMILES string of the molecule is CCNC(C)c1cccc(F)c1-n1cc(Cl)cn1. The van der Waals surface area contributed by atoms with E-state index in [4.69, 9.17) is 11.6 Å². The van der Waals surface area contributed by atoms with E-state index in [0.717, 1.165) is 12.1 Å². The monoisotopic (exact) mass is 267 g/mol. The number of para-hydroxylation sites is 1. The van der Waals surface area contributed by atoms with Gasteiger partial charge in [-0.1, -0.05) is 30.7 Å². The predicted molar refractivity (Wildman–Crippen MR) is 70.6 cm³/mol. The predicted octanol–water partition coefficient (Wildman–Crippen LogP) is 3.34. The van der Waals surface area contributed by atoms with Gasteiger partial charge in [-0.25, -0.2) is 9.07 Å². The van der Waals surface area contributed by atoms with Gasteiger partial charge in [0.1, 0.15) is 11.5 Å². The van der Waals surface area contributed by atoms with Gasteiger partial charge in [0.05, 0.1) is 11.2 Å². The van der Waals surface area contributed by atoms with Crippen LogP contribution >= 0.6 is 11.6 Å². The van der Waals surface area contributed by atoms with Crippen molar-refractivity contribution in [3.63, 3.8) is 0 Å². The summed E-state index contributed by atoms with van der Waals surface area (Å²) in [7, 11) is 0. The van der Waals surface area contributed by atoms with Gasteiger partial charge in [-0.15, -0.1) is 0 Å². The first kappa shape index (κ1) is 13.1. The van der Waals surface area contributed by atoms with E-state index in [0.29, 0.717) is 10.7 Å². The molecule has 2 aromatic rings. The molecule has 1 N–H and O–H groups in total. The van der Waals surface area contributed by atoms with E-state index in [1.165, 1.54) is 16.9 Å². The van der Waals surface area contributed by atoms with Crippen molar-refractivity contribution < 1.29 is 4.39 Å². The Kier molecular flexibility index (Phi) is 3.99. The summed E-state index contributed by atoms with van der Waals surface area (Å²) in [4.78, 5) is 0. The molecular formula is C13H15ClFN3. The highest BCUT2D eigenvalue weighted by Gasteiger charge is 2.15. The third kappa shape index (κ3) is 2.54. The molecule has 5 heteroatoms. The molecular weight excluding hydrogens is 253 g/mol. The first-order valence-electron chi connectivity index (χ1n) is 5.85. The molecule has 0 bridgehead atoms. The van der Waals surface area contributed by atoms with E-state index >= 15 is 0 Å². The highest BCUT2D eigenvalue weighted by Crippen LogP contribution is 2.25. The lowest BCUT2D eigenvalue weighted by molar-refractivity contribution is 0.569. The summed E-state index contributed by atoms with van der Waals surface area (Å²) >= 11 is 5.83. The maximum absolute atomic E-state index is 14.0. The normalized spacial score (nSPS) is 12.7. The Bertz CT molecular complexity index is 539. The number of hydrogen-bond acceptors (Lipinski definition) is 2. The first-order chi connectivity index (χ1) is 8.63. The van der Waals surface area contributed by atoms with Crippen molar-refractivity contribution in [2.24, 2.45) is 0 Å². The van der Waals surface area contributed by atoms with Crippen LogP contribution < -0.4 is 5.32 Å². The van der Waals surface area contributed by atoms with Crippen LogP contribution in [0.25, 0.3) is 5.69 Å².